The van der Waals surface area contributed by atoms with Crippen molar-refractivity contribution in [1.29, 1.82) is 0 Å². The first-order chi connectivity index (χ1) is 14.8. The Kier molecular flexibility index (Phi) is 5.07. The van der Waals surface area contributed by atoms with E-state index in [9.17, 15) is 0 Å². The van der Waals surface area contributed by atoms with Crippen molar-refractivity contribution in [1.82, 2.24) is 0 Å². The highest BCUT2D eigenvalue weighted by atomic mass is 14.8. The molecule has 0 aromatic carbocycles. The lowest BCUT2D eigenvalue weighted by Gasteiger charge is -2.77. The van der Waals surface area contributed by atoms with Crippen molar-refractivity contribution in [2.24, 2.45) is 56.2 Å². The lowest BCUT2D eigenvalue weighted by atomic mass is 9.28. The molecule has 0 unspecified atom stereocenters. The van der Waals surface area contributed by atoms with Gasteiger partial charge in [0.05, 0.1) is 0 Å². The summed E-state index contributed by atoms with van der Waals surface area (Å²) in [5, 5.41) is 0. The molecule has 0 aromatic rings. The Morgan fingerprint density at radius 3 is 2.06 bits per heavy atom. The van der Waals surface area contributed by atoms with Gasteiger partial charge in [-0.3, -0.25) is 0 Å². The fourth-order valence-electron chi connectivity index (χ4n) is 12.9. The van der Waals surface area contributed by atoms with Crippen molar-refractivity contribution in [3.8, 4) is 0 Å². The number of rotatable bonds is 2. The molecule has 0 amide bonds. The summed E-state index contributed by atoms with van der Waals surface area (Å²) >= 11 is 0. The first-order valence-corrected chi connectivity index (χ1v) is 14.5. The third kappa shape index (κ3) is 2.47. The molecule has 5 rings (SSSR count). The highest BCUT2D eigenvalue weighted by molar-refractivity contribution is 5.25. The van der Waals surface area contributed by atoms with E-state index in [1.54, 1.807) is 0 Å². The van der Waals surface area contributed by atoms with Crippen LogP contribution in [0.4, 0.5) is 0 Å². The van der Waals surface area contributed by atoms with Crippen LogP contribution in [0.25, 0.3) is 0 Å². The summed E-state index contributed by atoms with van der Waals surface area (Å²) in [5.74, 6) is 3.54. The highest BCUT2D eigenvalue weighted by Crippen LogP contribution is 2.82. The van der Waals surface area contributed by atoms with Gasteiger partial charge in [-0.05, 0) is 134 Å². The fraction of sp³-hybridized carbons (Fsp3) is 0.938. The summed E-state index contributed by atoms with van der Waals surface area (Å²) in [7, 11) is 0. The van der Waals surface area contributed by atoms with Crippen molar-refractivity contribution >= 4 is 0 Å². The van der Waals surface area contributed by atoms with Gasteiger partial charge >= 0.3 is 0 Å². The molecule has 5 aliphatic rings. The van der Waals surface area contributed by atoms with Crippen molar-refractivity contribution in [2.45, 2.75) is 132 Å². The molecule has 0 bridgehead atoms. The summed E-state index contributed by atoms with van der Waals surface area (Å²) in [6, 6.07) is 0. The molecule has 0 aliphatic heterocycles. The molecule has 0 spiro atoms. The maximum Gasteiger partial charge on any atom is -0.0175 e. The highest BCUT2D eigenvalue weighted by Gasteiger charge is 2.74. The lowest BCUT2D eigenvalue weighted by molar-refractivity contribution is -0.282. The first kappa shape index (κ1) is 23.5. The zero-order valence-corrected chi connectivity index (χ0v) is 23.0. The van der Waals surface area contributed by atoms with Crippen molar-refractivity contribution in [3.05, 3.63) is 12.2 Å². The van der Waals surface area contributed by atoms with Gasteiger partial charge in [-0.2, -0.15) is 0 Å². The predicted octanol–water partition coefficient (Wildman–Crippen LogP) is 9.83. The molecule has 5 fully saturated rings. The van der Waals surface area contributed by atoms with Gasteiger partial charge < -0.3 is 0 Å². The Hall–Kier alpha value is -0.260. The van der Waals surface area contributed by atoms with Crippen molar-refractivity contribution < 1.29 is 0 Å². The molecule has 0 saturated heterocycles. The largest absolute Gasteiger partial charge is 0.0999 e. The second kappa shape index (κ2) is 6.91. The van der Waals surface area contributed by atoms with Crippen LogP contribution < -0.4 is 0 Å². The van der Waals surface area contributed by atoms with Crippen LogP contribution in [0.2, 0.25) is 0 Å². The van der Waals surface area contributed by atoms with Crippen molar-refractivity contribution in [2.75, 3.05) is 0 Å². The fourth-order valence-corrected chi connectivity index (χ4v) is 12.9. The molecule has 0 nitrogen and oxygen atoms in total. The summed E-state index contributed by atoms with van der Waals surface area (Å²) < 4.78 is 0. The van der Waals surface area contributed by atoms with E-state index >= 15 is 0 Å². The number of fused-ring (bicyclic) bond motifs is 7. The topological polar surface area (TPSA) is 0 Å². The first-order valence-electron chi connectivity index (χ1n) is 14.5. The smallest absolute Gasteiger partial charge is 0.0175 e. The summed E-state index contributed by atoms with van der Waals surface area (Å²) in [5.41, 5.74) is 4.60. The van der Waals surface area contributed by atoms with E-state index in [4.69, 9.17) is 0 Å². The molecule has 5 aliphatic carbocycles. The van der Waals surface area contributed by atoms with E-state index in [1.807, 2.05) is 0 Å². The summed E-state index contributed by atoms with van der Waals surface area (Å²) in [6.45, 7) is 25.8. The molecule has 0 radical (unpaired) electrons. The molecule has 9 atom stereocenters. The van der Waals surface area contributed by atoms with Crippen LogP contribution in [-0.4, -0.2) is 0 Å². The van der Waals surface area contributed by atoms with Crippen LogP contribution in [0.15, 0.2) is 12.2 Å². The molecular weight excluding hydrogens is 384 g/mol. The summed E-state index contributed by atoms with van der Waals surface area (Å²) in [6.07, 6.45) is 17.6. The third-order valence-electron chi connectivity index (χ3n) is 14.6. The van der Waals surface area contributed by atoms with E-state index < -0.39 is 0 Å². The van der Waals surface area contributed by atoms with Crippen LogP contribution in [0, 0.1) is 56.2 Å². The van der Waals surface area contributed by atoms with Crippen molar-refractivity contribution in [3.63, 3.8) is 0 Å². The maximum atomic E-state index is 4.48. The monoisotopic (exact) mass is 438 g/mol. The Balaban J connectivity index is 1.59. The molecule has 0 heterocycles. The van der Waals surface area contributed by atoms with E-state index in [0.29, 0.717) is 32.5 Å². The van der Waals surface area contributed by atoms with E-state index in [2.05, 4.69) is 62.0 Å². The quantitative estimate of drug-likeness (QED) is 0.376. The number of hydrogen-bond acceptors (Lipinski definition) is 0. The minimum absolute atomic E-state index is 0.481. The van der Waals surface area contributed by atoms with Crippen LogP contribution in [-0.2, 0) is 0 Å². The zero-order chi connectivity index (χ0) is 23.4. The minimum Gasteiger partial charge on any atom is -0.0999 e. The average Bonchev–Trinajstić information content (AvgIpc) is 3.10. The number of allylic oxidation sites excluding steroid dienone is 1. The lowest BCUT2D eigenvalue weighted by Crippen LogP contribution is -2.69. The van der Waals surface area contributed by atoms with Crippen LogP contribution in [0.5, 0.6) is 0 Å². The molecule has 5 saturated carbocycles. The maximum absolute atomic E-state index is 4.48. The Morgan fingerprint density at radius 1 is 0.750 bits per heavy atom. The summed E-state index contributed by atoms with van der Waals surface area (Å²) in [4.78, 5) is 0. The second-order valence-corrected chi connectivity index (χ2v) is 15.3. The predicted molar refractivity (Wildman–Crippen MR) is 138 cm³/mol. The molecule has 0 aromatic heterocycles. The molecule has 32 heavy (non-hydrogen) atoms. The number of hydrogen-bond donors (Lipinski definition) is 0. The minimum atomic E-state index is 0.481. The molecular formula is C32H54. The Morgan fingerprint density at radius 2 is 1.41 bits per heavy atom. The van der Waals surface area contributed by atoms with Gasteiger partial charge in [-0.15, -0.1) is 0 Å². The van der Waals surface area contributed by atoms with E-state index in [1.165, 1.54) is 82.6 Å². The second-order valence-electron chi connectivity index (χ2n) is 15.3. The molecule has 182 valence electrons. The van der Waals surface area contributed by atoms with E-state index in [0.717, 1.165) is 23.7 Å². The van der Waals surface area contributed by atoms with Gasteiger partial charge in [0, 0.05) is 0 Å². The normalized spacial score (nSPS) is 56.5. The van der Waals surface area contributed by atoms with Gasteiger partial charge in [0.25, 0.3) is 0 Å². The van der Waals surface area contributed by atoms with Gasteiger partial charge in [0.2, 0.25) is 0 Å². The van der Waals surface area contributed by atoms with Gasteiger partial charge in [-0.25, -0.2) is 0 Å². The van der Waals surface area contributed by atoms with Gasteiger partial charge in [0.15, 0.2) is 0 Å². The average molecular weight is 439 g/mol. The molecule has 0 N–H and O–H groups in total. The standard InChI is InChI=1S/C32H54/c1-10-32-21-12-23(22(2)3)24(32)13-19-30(8)29(7)18-14-25-27(4,5)16-11-17-28(25,6)26(29)15-20-31(30,32)9/h23-26H,2,10-21H2,1,3-9H3/t23-,24+,25+,26-,28+,29-,30+,31+,32+/m1/s1. The van der Waals surface area contributed by atoms with E-state index in [-0.39, 0.29) is 0 Å². The Bertz CT molecular complexity index is 790. The SMILES string of the molecule is C=C(C)[C@H]1CC[C@@]2(CC)[C@H]1CC[C@]1(C)[C@]2(C)CC[C@@H]2[C@@]3(C)CCCC(C)(C)[C@@H]3CC[C@]21C. The van der Waals surface area contributed by atoms with Crippen LogP contribution in [0.1, 0.15) is 132 Å². The van der Waals surface area contributed by atoms with Gasteiger partial charge in [0.1, 0.15) is 0 Å². The van der Waals surface area contributed by atoms with Crippen LogP contribution in [0.3, 0.4) is 0 Å². The molecule has 0 heteroatoms. The van der Waals surface area contributed by atoms with Crippen LogP contribution >= 0.6 is 0 Å². The third-order valence-corrected chi connectivity index (χ3v) is 14.6. The Labute approximate surface area is 200 Å². The van der Waals surface area contributed by atoms with Gasteiger partial charge in [-0.1, -0.05) is 67.0 Å². The zero-order valence-electron chi connectivity index (χ0n) is 23.0.